The SMILES string of the molecule is CCC(C)C(=O)OCCSc1nnnn1C. The van der Waals surface area contributed by atoms with Crippen molar-refractivity contribution in [3.8, 4) is 0 Å². The number of aryl methyl sites for hydroxylation is 1. The van der Waals surface area contributed by atoms with Gasteiger partial charge in [0.1, 0.15) is 6.61 Å². The second kappa shape index (κ2) is 6.47. The van der Waals surface area contributed by atoms with E-state index >= 15 is 0 Å². The van der Waals surface area contributed by atoms with Crippen LogP contribution < -0.4 is 0 Å². The predicted molar refractivity (Wildman–Crippen MR) is 59.9 cm³/mol. The molecule has 0 aliphatic heterocycles. The summed E-state index contributed by atoms with van der Waals surface area (Å²) in [6.45, 7) is 4.22. The van der Waals surface area contributed by atoms with E-state index in [1.165, 1.54) is 11.8 Å². The zero-order chi connectivity index (χ0) is 12.0. The second-order valence-electron chi connectivity index (χ2n) is 3.41. The van der Waals surface area contributed by atoms with Crippen molar-refractivity contribution in [3.05, 3.63) is 0 Å². The van der Waals surface area contributed by atoms with Crippen LogP contribution in [0.25, 0.3) is 0 Å². The summed E-state index contributed by atoms with van der Waals surface area (Å²) in [7, 11) is 1.77. The second-order valence-corrected chi connectivity index (χ2v) is 4.47. The maximum absolute atomic E-state index is 11.3. The first-order valence-corrected chi connectivity index (χ1v) is 6.15. The molecule has 1 aromatic rings. The van der Waals surface area contributed by atoms with Crippen molar-refractivity contribution in [1.82, 2.24) is 20.2 Å². The highest BCUT2D eigenvalue weighted by molar-refractivity contribution is 7.99. The van der Waals surface area contributed by atoms with Gasteiger partial charge in [-0.05, 0) is 16.8 Å². The fraction of sp³-hybridized carbons (Fsp3) is 0.778. The smallest absolute Gasteiger partial charge is 0.308 e. The Hall–Kier alpha value is -1.11. The third-order valence-corrected chi connectivity index (χ3v) is 3.13. The van der Waals surface area contributed by atoms with E-state index in [9.17, 15) is 4.79 Å². The van der Waals surface area contributed by atoms with Crippen LogP contribution in [-0.2, 0) is 16.6 Å². The monoisotopic (exact) mass is 244 g/mol. The van der Waals surface area contributed by atoms with Crippen LogP contribution in [0.4, 0.5) is 0 Å². The molecule has 0 spiro atoms. The van der Waals surface area contributed by atoms with Crippen LogP contribution in [0, 0.1) is 5.92 Å². The minimum atomic E-state index is -0.140. The van der Waals surface area contributed by atoms with Gasteiger partial charge in [0.05, 0.1) is 5.92 Å². The molecule has 0 fully saturated rings. The highest BCUT2D eigenvalue weighted by Crippen LogP contribution is 2.12. The Morgan fingerprint density at radius 3 is 2.94 bits per heavy atom. The Morgan fingerprint density at radius 2 is 2.38 bits per heavy atom. The molecule has 0 N–H and O–H groups in total. The largest absolute Gasteiger partial charge is 0.465 e. The van der Waals surface area contributed by atoms with Crippen molar-refractivity contribution in [2.45, 2.75) is 25.4 Å². The standard InChI is InChI=1S/C9H16N4O2S/c1-4-7(2)8(14)15-5-6-16-9-10-11-12-13(9)3/h7H,4-6H2,1-3H3. The molecule has 0 aliphatic carbocycles. The molecule has 0 radical (unpaired) electrons. The molecule has 16 heavy (non-hydrogen) atoms. The van der Waals surface area contributed by atoms with E-state index in [1.807, 2.05) is 13.8 Å². The van der Waals surface area contributed by atoms with Crippen LogP contribution in [0.1, 0.15) is 20.3 Å². The van der Waals surface area contributed by atoms with Crippen molar-refractivity contribution < 1.29 is 9.53 Å². The molecule has 0 aromatic carbocycles. The number of thioether (sulfide) groups is 1. The van der Waals surface area contributed by atoms with Gasteiger partial charge in [0, 0.05) is 12.8 Å². The molecule has 0 saturated carbocycles. The van der Waals surface area contributed by atoms with Gasteiger partial charge in [0.25, 0.3) is 0 Å². The van der Waals surface area contributed by atoms with E-state index in [0.717, 1.165) is 11.6 Å². The highest BCUT2D eigenvalue weighted by Gasteiger charge is 2.11. The number of rotatable bonds is 6. The molecule has 7 heteroatoms. The van der Waals surface area contributed by atoms with E-state index in [4.69, 9.17) is 4.74 Å². The Balaban J connectivity index is 2.17. The molecule has 6 nitrogen and oxygen atoms in total. The van der Waals surface area contributed by atoms with Gasteiger partial charge in [-0.25, -0.2) is 4.68 Å². The fourth-order valence-electron chi connectivity index (χ4n) is 0.928. The lowest BCUT2D eigenvalue weighted by atomic mass is 10.1. The average Bonchev–Trinajstić information content (AvgIpc) is 2.69. The van der Waals surface area contributed by atoms with Gasteiger partial charge in [-0.2, -0.15) is 0 Å². The summed E-state index contributed by atoms with van der Waals surface area (Å²) in [6.07, 6.45) is 0.805. The Labute approximate surface area is 98.7 Å². The molecule has 0 amide bonds. The molecule has 1 heterocycles. The van der Waals surface area contributed by atoms with Gasteiger partial charge in [-0.3, -0.25) is 4.79 Å². The Morgan fingerprint density at radius 1 is 1.62 bits per heavy atom. The molecule has 1 unspecified atom stereocenters. The highest BCUT2D eigenvalue weighted by atomic mass is 32.2. The first-order chi connectivity index (χ1) is 7.65. The van der Waals surface area contributed by atoms with Gasteiger partial charge < -0.3 is 4.74 Å². The number of hydrogen-bond donors (Lipinski definition) is 0. The maximum atomic E-state index is 11.3. The number of carbonyl (C=O) groups is 1. The molecule has 0 saturated heterocycles. The molecular formula is C9H16N4O2S. The first-order valence-electron chi connectivity index (χ1n) is 5.17. The molecule has 0 aliphatic rings. The van der Waals surface area contributed by atoms with E-state index in [2.05, 4.69) is 15.5 Å². The summed E-state index contributed by atoms with van der Waals surface area (Å²) in [6, 6.07) is 0. The number of hydrogen-bond acceptors (Lipinski definition) is 6. The Bertz CT molecular complexity index is 342. The minimum Gasteiger partial charge on any atom is -0.465 e. The topological polar surface area (TPSA) is 69.9 Å². The third kappa shape index (κ3) is 3.80. The summed E-state index contributed by atoms with van der Waals surface area (Å²) in [5, 5.41) is 11.7. The summed E-state index contributed by atoms with van der Waals surface area (Å²) < 4.78 is 6.68. The van der Waals surface area contributed by atoms with E-state index < -0.39 is 0 Å². The normalized spacial score (nSPS) is 12.4. The van der Waals surface area contributed by atoms with Crippen molar-refractivity contribution in [3.63, 3.8) is 0 Å². The van der Waals surface area contributed by atoms with Crippen molar-refractivity contribution in [2.24, 2.45) is 13.0 Å². The zero-order valence-corrected chi connectivity index (χ0v) is 10.5. The third-order valence-electron chi connectivity index (χ3n) is 2.15. The molecular weight excluding hydrogens is 228 g/mol. The lowest BCUT2D eigenvalue weighted by Gasteiger charge is -2.08. The van der Waals surface area contributed by atoms with Gasteiger partial charge in [-0.15, -0.1) is 5.10 Å². The molecule has 0 bridgehead atoms. The fourth-order valence-corrected chi connectivity index (χ4v) is 1.59. The van der Waals surface area contributed by atoms with Crippen LogP contribution in [-0.4, -0.2) is 38.5 Å². The van der Waals surface area contributed by atoms with Crippen LogP contribution in [0.5, 0.6) is 0 Å². The number of carbonyl (C=O) groups excluding carboxylic acids is 1. The number of esters is 1. The number of nitrogens with zero attached hydrogens (tertiary/aromatic N) is 4. The van der Waals surface area contributed by atoms with Crippen molar-refractivity contribution in [2.75, 3.05) is 12.4 Å². The zero-order valence-electron chi connectivity index (χ0n) is 9.71. The molecule has 90 valence electrons. The number of aromatic nitrogens is 4. The summed E-state index contributed by atoms with van der Waals surface area (Å²) in [5.41, 5.74) is 0. The van der Waals surface area contributed by atoms with Gasteiger partial charge in [0.2, 0.25) is 5.16 Å². The van der Waals surface area contributed by atoms with Gasteiger partial charge in [-0.1, -0.05) is 25.6 Å². The number of tetrazole rings is 1. The minimum absolute atomic E-state index is 0.0264. The summed E-state index contributed by atoms with van der Waals surface area (Å²) in [4.78, 5) is 11.3. The lowest BCUT2D eigenvalue weighted by molar-refractivity contribution is -0.147. The van der Waals surface area contributed by atoms with Crippen LogP contribution >= 0.6 is 11.8 Å². The van der Waals surface area contributed by atoms with E-state index in [1.54, 1.807) is 11.7 Å². The van der Waals surface area contributed by atoms with Gasteiger partial charge >= 0.3 is 5.97 Å². The number of ether oxygens (including phenoxy) is 1. The lowest BCUT2D eigenvalue weighted by Crippen LogP contribution is -2.15. The van der Waals surface area contributed by atoms with Gasteiger partial charge in [0.15, 0.2) is 0 Å². The predicted octanol–water partition coefficient (Wildman–Crippen LogP) is 0.891. The first kappa shape index (κ1) is 13.0. The average molecular weight is 244 g/mol. The molecule has 1 atom stereocenters. The van der Waals surface area contributed by atoms with Crippen LogP contribution in [0.3, 0.4) is 0 Å². The maximum Gasteiger partial charge on any atom is 0.308 e. The quantitative estimate of drug-likeness (QED) is 0.420. The van der Waals surface area contributed by atoms with Crippen molar-refractivity contribution >= 4 is 17.7 Å². The Kier molecular flexibility index (Phi) is 5.24. The summed E-state index contributed by atoms with van der Waals surface area (Å²) in [5.74, 6) is 0.497. The molecule has 1 aromatic heterocycles. The van der Waals surface area contributed by atoms with Crippen LogP contribution in [0.15, 0.2) is 5.16 Å². The van der Waals surface area contributed by atoms with E-state index in [-0.39, 0.29) is 11.9 Å². The van der Waals surface area contributed by atoms with Crippen LogP contribution in [0.2, 0.25) is 0 Å². The van der Waals surface area contributed by atoms with E-state index in [0.29, 0.717) is 12.4 Å². The molecule has 1 rings (SSSR count). The van der Waals surface area contributed by atoms with Crippen molar-refractivity contribution in [1.29, 1.82) is 0 Å². The summed E-state index contributed by atoms with van der Waals surface area (Å²) >= 11 is 1.46.